The highest BCUT2D eigenvalue weighted by molar-refractivity contribution is 6.42. The summed E-state index contributed by atoms with van der Waals surface area (Å²) in [5.74, 6) is 1.38. The van der Waals surface area contributed by atoms with Gasteiger partial charge >= 0.3 is 0 Å². The summed E-state index contributed by atoms with van der Waals surface area (Å²) in [5, 5.41) is 0.987. The number of rotatable bonds is 9. The van der Waals surface area contributed by atoms with Crippen LogP contribution >= 0.6 is 23.2 Å². The second-order valence-electron chi connectivity index (χ2n) is 8.95. The van der Waals surface area contributed by atoms with Crippen molar-refractivity contribution >= 4 is 29.1 Å². The van der Waals surface area contributed by atoms with E-state index in [-0.39, 0.29) is 18.1 Å². The number of methoxy groups -OCH3 is 1. The summed E-state index contributed by atoms with van der Waals surface area (Å²) in [7, 11) is 1.75. The van der Waals surface area contributed by atoms with Crippen molar-refractivity contribution in [1.82, 2.24) is 9.80 Å². The monoisotopic (exact) mass is 522 g/mol. The zero-order valence-corrected chi connectivity index (χ0v) is 21.5. The summed E-state index contributed by atoms with van der Waals surface area (Å²) in [6, 6.07) is 13.2. The molecule has 2 aromatic carbocycles. The first-order chi connectivity index (χ1) is 17.0. The molecule has 0 bridgehead atoms. The third-order valence-corrected chi connectivity index (χ3v) is 7.39. The van der Waals surface area contributed by atoms with Crippen LogP contribution in [-0.4, -0.2) is 81.0 Å². The number of halogens is 2. The highest BCUT2D eigenvalue weighted by atomic mass is 35.5. The van der Waals surface area contributed by atoms with Gasteiger partial charge in [0.05, 0.1) is 23.3 Å². The van der Waals surface area contributed by atoms with Crippen molar-refractivity contribution in [2.45, 2.75) is 25.0 Å². The average molecular weight is 523 g/mol. The first-order valence-electron chi connectivity index (χ1n) is 11.9. The maximum atomic E-state index is 12.2. The van der Waals surface area contributed by atoms with Gasteiger partial charge < -0.3 is 23.8 Å². The molecule has 2 aromatic rings. The highest BCUT2D eigenvalue weighted by Gasteiger charge is 2.35. The van der Waals surface area contributed by atoms with Gasteiger partial charge in [-0.15, -0.1) is 0 Å². The Morgan fingerprint density at radius 1 is 0.943 bits per heavy atom. The molecule has 0 saturated carbocycles. The lowest BCUT2D eigenvalue weighted by molar-refractivity contribution is -0.137. The quantitative estimate of drug-likeness (QED) is 0.489. The van der Waals surface area contributed by atoms with Gasteiger partial charge in [0.1, 0.15) is 23.7 Å². The Morgan fingerprint density at radius 2 is 1.63 bits per heavy atom. The molecule has 0 spiro atoms. The molecule has 2 heterocycles. The Bertz CT molecular complexity index is 974. The van der Waals surface area contributed by atoms with E-state index >= 15 is 0 Å². The Hall–Kier alpha value is -2.03. The van der Waals surface area contributed by atoms with Gasteiger partial charge in [0.2, 0.25) is 0 Å². The molecule has 7 nitrogen and oxygen atoms in total. The SMILES string of the molecule is COC1(COc2ccc(Cl)c(Cl)c2)CCN(Cc2ccc(OCC(=O)N3CCOCC3)cc2)CC1. The van der Waals surface area contributed by atoms with Crippen molar-refractivity contribution < 1.29 is 23.7 Å². The fourth-order valence-corrected chi connectivity index (χ4v) is 4.59. The van der Waals surface area contributed by atoms with E-state index in [1.165, 1.54) is 5.56 Å². The van der Waals surface area contributed by atoms with Gasteiger partial charge in [0.25, 0.3) is 5.91 Å². The van der Waals surface area contributed by atoms with Crippen molar-refractivity contribution in [1.29, 1.82) is 0 Å². The van der Waals surface area contributed by atoms with E-state index in [4.69, 9.17) is 42.1 Å². The Kier molecular flexibility index (Phi) is 9.14. The average Bonchev–Trinajstić information content (AvgIpc) is 2.90. The molecule has 9 heteroatoms. The summed E-state index contributed by atoms with van der Waals surface area (Å²) >= 11 is 12.1. The second kappa shape index (κ2) is 12.3. The molecular weight excluding hydrogens is 491 g/mol. The molecule has 0 radical (unpaired) electrons. The van der Waals surface area contributed by atoms with Crippen molar-refractivity contribution in [3.05, 3.63) is 58.1 Å². The number of nitrogens with zero attached hydrogens (tertiary/aromatic N) is 2. The smallest absolute Gasteiger partial charge is 0.260 e. The second-order valence-corrected chi connectivity index (χ2v) is 9.77. The molecule has 2 aliphatic heterocycles. The predicted octanol–water partition coefficient (Wildman–Crippen LogP) is 4.29. The van der Waals surface area contributed by atoms with Crippen LogP contribution in [0.15, 0.2) is 42.5 Å². The number of ether oxygens (including phenoxy) is 4. The van der Waals surface area contributed by atoms with Crippen LogP contribution in [-0.2, 0) is 20.8 Å². The fourth-order valence-electron chi connectivity index (χ4n) is 4.31. The van der Waals surface area contributed by atoms with Crippen LogP contribution in [0.3, 0.4) is 0 Å². The minimum Gasteiger partial charge on any atom is -0.491 e. The Labute approximate surface area is 216 Å². The number of carbonyl (C=O) groups is 1. The van der Waals surface area contributed by atoms with E-state index in [1.54, 1.807) is 24.1 Å². The van der Waals surface area contributed by atoms with Crippen molar-refractivity contribution in [2.24, 2.45) is 0 Å². The summed E-state index contributed by atoms with van der Waals surface area (Å²) in [4.78, 5) is 16.4. The van der Waals surface area contributed by atoms with Crippen molar-refractivity contribution in [3.8, 4) is 11.5 Å². The molecule has 2 aliphatic rings. The van der Waals surface area contributed by atoms with E-state index in [0.29, 0.717) is 54.5 Å². The lowest BCUT2D eigenvalue weighted by Crippen LogP contribution is -2.48. The molecule has 190 valence electrons. The largest absolute Gasteiger partial charge is 0.491 e. The normalized spacial score (nSPS) is 18.3. The number of benzene rings is 2. The number of piperidine rings is 1. The molecule has 0 atom stereocenters. The third kappa shape index (κ3) is 7.24. The first-order valence-corrected chi connectivity index (χ1v) is 12.6. The third-order valence-electron chi connectivity index (χ3n) is 6.65. The van der Waals surface area contributed by atoms with E-state index in [1.807, 2.05) is 18.2 Å². The summed E-state index contributed by atoms with van der Waals surface area (Å²) in [5.41, 5.74) is 0.877. The summed E-state index contributed by atoms with van der Waals surface area (Å²) in [6.07, 6.45) is 1.74. The number of hydrogen-bond donors (Lipinski definition) is 0. The van der Waals surface area contributed by atoms with E-state index in [0.717, 1.165) is 32.5 Å². The Balaban J connectivity index is 1.21. The molecule has 0 aliphatic carbocycles. The fraction of sp³-hybridized carbons (Fsp3) is 0.500. The minimum absolute atomic E-state index is 0.00420. The van der Waals surface area contributed by atoms with Gasteiger partial charge in [-0.2, -0.15) is 0 Å². The minimum atomic E-state index is -0.326. The highest BCUT2D eigenvalue weighted by Crippen LogP contribution is 2.30. The van der Waals surface area contributed by atoms with E-state index in [2.05, 4.69) is 17.0 Å². The van der Waals surface area contributed by atoms with Crippen LogP contribution in [0.25, 0.3) is 0 Å². The van der Waals surface area contributed by atoms with Gasteiger partial charge in [-0.25, -0.2) is 0 Å². The summed E-state index contributed by atoms with van der Waals surface area (Å²) < 4.78 is 22.9. The van der Waals surface area contributed by atoms with Crippen LogP contribution < -0.4 is 9.47 Å². The molecule has 0 unspecified atom stereocenters. The molecule has 0 N–H and O–H groups in total. The zero-order valence-electron chi connectivity index (χ0n) is 20.0. The number of morpholine rings is 1. The molecular formula is C26H32Cl2N2O5. The number of amides is 1. The van der Waals surface area contributed by atoms with E-state index < -0.39 is 0 Å². The molecule has 2 saturated heterocycles. The van der Waals surface area contributed by atoms with Crippen molar-refractivity contribution in [2.75, 3.05) is 59.7 Å². The lowest BCUT2D eigenvalue weighted by Gasteiger charge is -2.40. The van der Waals surface area contributed by atoms with Gasteiger partial charge in [-0.1, -0.05) is 35.3 Å². The number of hydrogen-bond acceptors (Lipinski definition) is 6. The molecule has 2 fully saturated rings. The molecule has 0 aromatic heterocycles. The maximum absolute atomic E-state index is 12.2. The maximum Gasteiger partial charge on any atom is 0.260 e. The standard InChI is InChI=1S/C26H32Cl2N2O5/c1-32-26(19-35-22-6-7-23(27)24(28)16-22)8-10-29(11-9-26)17-20-2-4-21(5-3-20)34-18-25(31)30-12-14-33-15-13-30/h2-7,16H,8-15,17-19H2,1H3. The predicted molar refractivity (Wildman–Crippen MR) is 136 cm³/mol. The Morgan fingerprint density at radius 3 is 2.29 bits per heavy atom. The molecule has 4 rings (SSSR count). The lowest BCUT2D eigenvalue weighted by atomic mass is 9.91. The van der Waals surface area contributed by atoms with Gasteiger partial charge in [-0.05, 0) is 42.7 Å². The van der Waals surface area contributed by atoms with Gasteiger partial charge in [-0.3, -0.25) is 9.69 Å². The molecule has 35 heavy (non-hydrogen) atoms. The van der Waals surface area contributed by atoms with E-state index in [9.17, 15) is 4.79 Å². The van der Waals surface area contributed by atoms with Gasteiger partial charge in [0, 0.05) is 45.9 Å². The summed E-state index contributed by atoms with van der Waals surface area (Å²) in [6.45, 7) is 5.61. The topological polar surface area (TPSA) is 60.5 Å². The van der Waals surface area contributed by atoms with Crippen LogP contribution in [0.2, 0.25) is 10.0 Å². The first kappa shape index (κ1) is 26.0. The van der Waals surface area contributed by atoms with Gasteiger partial charge in [0.15, 0.2) is 6.61 Å². The van der Waals surface area contributed by atoms with Crippen molar-refractivity contribution in [3.63, 3.8) is 0 Å². The van der Waals surface area contributed by atoms with Crippen LogP contribution in [0.4, 0.5) is 0 Å². The zero-order chi connectivity index (χ0) is 24.7. The molecule has 1 amide bonds. The number of likely N-dealkylation sites (tertiary alicyclic amines) is 1. The van der Waals surface area contributed by atoms with Crippen LogP contribution in [0.1, 0.15) is 18.4 Å². The van der Waals surface area contributed by atoms with Crippen LogP contribution in [0.5, 0.6) is 11.5 Å². The number of carbonyl (C=O) groups excluding carboxylic acids is 1. The van der Waals surface area contributed by atoms with Crippen LogP contribution in [0, 0.1) is 0 Å².